The summed E-state index contributed by atoms with van der Waals surface area (Å²) >= 11 is 3.81. The summed E-state index contributed by atoms with van der Waals surface area (Å²) in [6.07, 6.45) is 0. The molecule has 0 saturated carbocycles. The molecule has 0 fully saturated rings. The molecule has 254 valence electrons. The van der Waals surface area contributed by atoms with Crippen LogP contribution < -0.4 is 0 Å². The van der Waals surface area contributed by atoms with Gasteiger partial charge >= 0.3 is 0 Å². The number of para-hydroxylation sites is 2. The molecule has 1 nitrogen and oxygen atoms in total. The molecular weight excluding hydrogens is 691 g/mol. The first-order chi connectivity index (χ1) is 26.6. The van der Waals surface area contributed by atoms with Crippen LogP contribution in [0.15, 0.2) is 164 Å². The van der Waals surface area contributed by atoms with Gasteiger partial charge in [0.05, 0.1) is 11.0 Å². The minimum absolute atomic E-state index is 0.113. The zero-order valence-electron chi connectivity index (χ0n) is 29.9. The maximum atomic E-state index is 2.60. The van der Waals surface area contributed by atoms with E-state index < -0.39 is 0 Å². The van der Waals surface area contributed by atoms with Gasteiger partial charge in [-0.15, -0.1) is 22.7 Å². The van der Waals surface area contributed by atoms with Crippen LogP contribution >= 0.6 is 22.7 Å². The van der Waals surface area contributed by atoms with Crippen LogP contribution in [0.3, 0.4) is 0 Å². The molecule has 54 heavy (non-hydrogen) atoms. The van der Waals surface area contributed by atoms with E-state index in [4.69, 9.17) is 0 Å². The monoisotopic (exact) mass is 723 g/mol. The molecule has 0 spiro atoms. The lowest BCUT2D eigenvalue weighted by Crippen LogP contribution is -2.15. The van der Waals surface area contributed by atoms with Gasteiger partial charge in [0.2, 0.25) is 0 Å². The van der Waals surface area contributed by atoms with Crippen molar-refractivity contribution in [2.45, 2.75) is 19.3 Å². The van der Waals surface area contributed by atoms with Gasteiger partial charge in [-0.2, -0.15) is 0 Å². The molecule has 0 amide bonds. The lowest BCUT2D eigenvalue weighted by Gasteiger charge is -2.22. The third-order valence-electron chi connectivity index (χ3n) is 12.0. The zero-order chi connectivity index (χ0) is 35.7. The van der Waals surface area contributed by atoms with Gasteiger partial charge in [-0.05, 0) is 46.5 Å². The van der Waals surface area contributed by atoms with Crippen LogP contribution in [0.2, 0.25) is 0 Å². The summed E-state index contributed by atoms with van der Waals surface area (Å²) in [7, 11) is 0. The van der Waals surface area contributed by atoms with Gasteiger partial charge in [0.25, 0.3) is 0 Å². The van der Waals surface area contributed by atoms with Crippen molar-refractivity contribution >= 4 is 84.8 Å². The van der Waals surface area contributed by atoms with Crippen LogP contribution in [-0.4, -0.2) is 4.57 Å². The number of thiophene rings is 2. The Labute approximate surface area is 321 Å². The summed E-state index contributed by atoms with van der Waals surface area (Å²) in [6.45, 7) is 4.77. The Bertz CT molecular complexity index is 3200. The zero-order valence-corrected chi connectivity index (χ0v) is 31.5. The van der Waals surface area contributed by atoms with Crippen LogP contribution in [0.1, 0.15) is 25.0 Å². The third-order valence-corrected chi connectivity index (χ3v) is 14.5. The van der Waals surface area contributed by atoms with E-state index in [0.717, 1.165) is 0 Å². The molecule has 0 aliphatic heterocycles. The molecule has 0 radical (unpaired) electrons. The van der Waals surface area contributed by atoms with Crippen LogP contribution in [0.5, 0.6) is 0 Å². The normalized spacial score (nSPS) is 13.5. The largest absolute Gasteiger partial charge is 0.308 e. The first-order valence-electron chi connectivity index (χ1n) is 18.7. The van der Waals surface area contributed by atoms with Crippen LogP contribution in [-0.2, 0) is 5.41 Å². The maximum Gasteiger partial charge on any atom is 0.0620 e. The predicted molar refractivity (Wildman–Crippen MR) is 235 cm³/mol. The number of rotatable bonds is 3. The average molecular weight is 724 g/mol. The van der Waals surface area contributed by atoms with E-state index in [-0.39, 0.29) is 5.41 Å². The van der Waals surface area contributed by atoms with E-state index in [1.54, 1.807) is 0 Å². The minimum Gasteiger partial charge on any atom is -0.308 e. The number of hydrogen-bond acceptors (Lipinski definition) is 2. The predicted octanol–water partition coefficient (Wildman–Crippen LogP) is 15.2. The molecule has 0 saturated heterocycles. The molecule has 0 unspecified atom stereocenters. The summed E-state index contributed by atoms with van der Waals surface area (Å²) in [4.78, 5) is 0. The van der Waals surface area contributed by atoms with Crippen molar-refractivity contribution in [1.82, 2.24) is 4.57 Å². The standard InChI is InChI=1S/C51H33NS2/c1-51(2)43-24-6-3-13-31(43)32-28-27-30(29-44(32)51)52-47-35(16-9-18-37(47)41-22-11-20-39-33-14-4-7-25-45(33)53-49(39)41)36-17-10-19-38(48(36)52)42-23-12-21-40-34-15-5-8-26-46(34)54-50(40)42/h3-29H,1-2H3. The van der Waals surface area contributed by atoms with Gasteiger partial charge in [0.15, 0.2) is 0 Å². The second-order valence-electron chi connectivity index (χ2n) is 15.2. The second kappa shape index (κ2) is 11.0. The van der Waals surface area contributed by atoms with Gasteiger partial charge in [0.1, 0.15) is 0 Å². The van der Waals surface area contributed by atoms with Crippen molar-refractivity contribution in [3.05, 3.63) is 175 Å². The van der Waals surface area contributed by atoms with E-state index in [9.17, 15) is 0 Å². The Morgan fingerprint density at radius 2 is 0.815 bits per heavy atom. The van der Waals surface area contributed by atoms with Crippen molar-refractivity contribution in [3.63, 3.8) is 0 Å². The highest BCUT2D eigenvalue weighted by Crippen LogP contribution is 2.51. The Kier molecular flexibility index (Phi) is 6.22. The fourth-order valence-electron chi connectivity index (χ4n) is 9.56. The fourth-order valence-corrected chi connectivity index (χ4v) is 12.0. The van der Waals surface area contributed by atoms with Gasteiger partial charge in [-0.3, -0.25) is 0 Å². The topological polar surface area (TPSA) is 4.93 Å². The Balaban J connectivity index is 1.23. The molecule has 11 aromatic rings. The first-order valence-corrected chi connectivity index (χ1v) is 20.3. The van der Waals surface area contributed by atoms with Crippen molar-refractivity contribution in [1.29, 1.82) is 0 Å². The van der Waals surface area contributed by atoms with Crippen LogP contribution in [0, 0.1) is 0 Å². The molecule has 3 aromatic heterocycles. The van der Waals surface area contributed by atoms with Crippen molar-refractivity contribution in [3.8, 4) is 39.1 Å². The minimum atomic E-state index is -0.113. The van der Waals surface area contributed by atoms with Crippen LogP contribution in [0.25, 0.3) is 101 Å². The van der Waals surface area contributed by atoms with Crippen molar-refractivity contribution < 1.29 is 0 Å². The molecular formula is C51H33NS2. The SMILES string of the molecule is CC1(C)c2ccccc2-c2ccc(-n3c4c(-c5cccc6c5sc5ccccc56)cccc4c4cccc(-c5cccc6c5sc5ccccc56)c43)cc21. The lowest BCUT2D eigenvalue weighted by molar-refractivity contribution is 0.660. The second-order valence-corrected chi connectivity index (χ2v) is 17.3. The van der Waals surface area contributed by atoms with Gasteiger partial charge < -0.3 is 4.57 Å². The highest BCUT2D eigenvalue weighted by Gasteiger charge is 2.35. The molecule has 12 rings (SSSR count). The molecule has 1 aliphatic carbocycles. The summed E-state index contributed by atoms with van der Waals surface area (Å²) < 4.78 is 7.93. The van der Waals surface area contributed by atoms with Crippen molar-refractivity contribution in [2.24, 2.45) is 0 Å². The highest BCUT2D eigenvalue weighted by atomic mass is 32.1. The number of aromatic nitrogens is 1. The highest BCUT2D eigenvalue weighted by molar-refractivity contribution is 7.26. The summed E-state index contributed by atoms with van der Waals surface area (Å²) in [5, 5.41) is 7.84. The summed E-state index contributed by atoms with van der Waals surface area (Å²) in [6, 6.07) is 61.4. The van der Waals surface area contributed by atoms with E-state index in [2.05, 4.69) is 182 Å². The van der Waals surface area contributed by atoms with E-state index in [0.29, 0.717) is 0 Å². The molecule has 8 aromatic carbocycles. The van der Waals surface area contributed by atoms with Gasteiger partial charge in [-0.1, -0.05) is 153 Å². The maximum absolute atomic E-state index is 2.60. The number of hydrogen-bond donors (Lipinski definition) is 0. The van der Waals surface area contributed by atoms with Gasteiger partial charge in [0, 0.05) is 84.5 Å². The fraction of sp³-hybridized carbons (Fsp3) is 0.0588. The van der Waals surface area contributed by atoms with E-state index in [1.807, 2.05) is 22.7 Å². The molecule has 3 heteroatoms. The van der Waals surface area contributed by atoms with Crippen molar-refractivity contribution in [2.75, 3.05) is 0 Å². The molecule has 0 N–H and O–H groups in total. The Morgan fingerprint density at radius 1 is 0.370 bits per heavy atom. The average Bonchev–Trinajstić information content (AvgIpc) is 3.95. The van der Waals surface area contributed by atoms with Crippen LogP contribution in [0.4, 0.5) is 0 Å². The number of benzene rings is 8. The number of nitrogens with zero attached hydrogens (tertiary/aromatic N) is 1. The number of fused-ring (bicyclic) bond motifs is 12. The molecule has 3 heterocycles. The molecule has 1 aliphatic rings. The van der Waals surface area contributed by atoms with E-state index >= 15 is 0 Å². The molecule has 0 atom stereocenters. The molecule has 0 bridgehead atoms. The Morgan fingerprint density at radius 3 is 1.41 bits per heavy atom. The summed E-state index contributed by atoms with van der Waals surface area (Å²) in [5.41, 5.74) is 14.1. The smallest absolute Gasteiger partial charge is 0.0620 e. The summed E-state index contributed by atoms with van der Waals surface area (Å²) in [5.74, 6) is 0. The quantitative estimate of drug-likeness (QED) is 0.171. The Hall–Kier alpha value is -6.00. The lowest BCUT2D eigenvalue weighted by atomic mass is 9.82. The third kappa shape index (κ3) is 4.03. The van der Waals surface area contributed by atoms with Gasteiger partial charge in [-0.25, -0.2) is 0 Å². The first kappa shape index (κ1) is 30.5. The van der Waals surface area contributed by atoms with E-state index in [1.165, 1.54) is 112 Å².